The van der Waals surface area contributed by atoms with Gasteiger partial charge in [-0.2, -0.15) is 5.26 Å². The van der Waals surface area contributed by atoms with Gasteiger partial charge in [-0.15, -0.1) is 0 Å². The summed E-state index contributed by atoms with van der Waals surface area (Å²) in [6, 6.07) is 22.8. The molecule has 2 rings (SSSR count). The first-order valence-corrected chi connectivity index (χ1v) is 5.82. The van der Waals surface area contributed by atoms with Crippen LogP contribution in [0.1, 0.15) is 24.0 Å². The second kappa shape index (κ2) is 5.32. The van der Waals surface area contributed by atoms with E-state index in [0.29, 0.717) is 0 Å². The highest BCUT2D eigenvalue weighted by Gasteiger charge is 2.20. The van der Waals surface area contributed by atoms with Gasteiger partial charge in [0.05, 0.1) is 12.0 Å². The lowest BCUT2D eigenvalue weighted by Crippen LogP contribution is -2.09. The van der Waals surface area contributed by atoms with Gasteiger partial charge < -0.3 is 0 Å². The Morgan fingerprint density at radius 1 is 0.824 bits per heavy atom. The molecule has 0 radical (unpaired) electrons. The van der Waals surface area contributed by atoms with Gasteiger partial charge in [-0.25, -0.2) is 0 Å². The van der Waals surface area contributed by atoms with Crippen LogP contribution in [0.3, 0.4) is 0 Å². The highest BCUT2D eigenvalue weighted by molar-refractivity contribution is 5.34. The quantitative estimate of drug-likeness (QED) is 0.769. The molecule has 0 N–H and O–H groups in total. The zero-order chi connectivity index (χ0) is 12.1. The molecule has 84 valence electrons. The van der Waals surface area contributed by atoms with Gasteiger partial charge in [0, 0.05) is 5.92 Å². The number of rotatable bonds is 3. The molecule has 0 saturated carbocycles. The van der Waals surface area contributed by atoms with Gasteiger partial charge in [0.2, 0.25) is 0 Å². The van der Waals surface area contributed by atoms with Gasteiger partial charge in [-0.05, 0) is 18.1 Å². The van der Waals surface area contributed by atoms with Crippen LogP contribution < -0.4 is 0 Å². The Bertz CT molecular complexity index is 457. The van der Waals surface area contributed by atoms with E-state index >= 15 is 0 Å². The van der Waals surface area contributed by atoms with Crippen molar-refractivity contribution < 1.29 is 0 Å². The summed E-state index contributed by atoms with van der Waals surface area (Å²) in [5.74, 6) is 0.127. The van der Waals surface area contributed by atoms with Crippen LogP contribution in [0.15, 0.2) is 60.7 Å². The van der Waals surface area contributed by atoms with Crippen LogP contribution in [0.4, 0.5) is 0 Å². The molecule has 0 aliphatic rings. The van der Waals surface area contributed by atoms with E-state index in [4.69, 9.17) is 0 Å². The maximum Gasteiger partial charge on any atom is 0.0662 e. The molecule has 17 heavy (non-hydrogen) atoms. The molecule has 2 aromatic rings. The SMILES string of the molecule is C[C@@H](C#N)C(c1ccccc1)c1ccccc1. The molecule has 0 fully saturated rings. The Balaban J connectivity index is 2.44. The van der Waals surface area contributed by atoms with E-state index in [-0.39, 0.29) is 11.8 Å². The number of hydrogen-bond acceptors (Lipinski definition) is 1. The lowest BCUT2D eigenvalue weighted by atomic mass is 9.82. The molecule has 0 heterocycles. The van der Waals surface area contributed by atoms with Crippen molar-refractivity contribution in [1.29, 1.82) is 5.26 Å². The second-order valence-electron chi connectivity index (χ2n) is 4.22. The topological polar surface area (TPSA) is 23.8 Å². The summed E-state index contributed by atoms with van der Waals surface area (Å²) in [7, 11) is 0. The zero-order valence-corrected chi connectivity index (χ0v) is 9.88. The Morgan fingerprint density at radius 2 is 1.24 bits per heavy atom. The minimum absolute atomic E-state index is 0.0280. The summed E-state index contributed by atoms with van der Waals surface area (Å²) in [6.45, 7) is 1.98. The molecule has 0 aromatic heterocycles. The Morgan fingerprint density at radius 3 is 1.59 bits per heavy atom. The van der Waals surface area contributed by atoms with E-state index in [1.165, 1.54) is 11.1 Å². The maximum atomic E-state index is 9.18. The molecule has 0 aliphatic heterocycles. The minimum atomic E-state index is -0.0280. The highest BCUT2D eigenvalue weighted by atomic mass is 14.3. The van der Waals surface area contributed by atoms with Crippen LogP contribution in [0, 0.1) is 17.2 Å². The molecule has 1 atom stereocenters. The predicted octanol–water partition coefficient (Wildman–Crippen LogP) is 3.98. The van der Waals surface area contributed by atoms with Crippen molar-refractivity contribution in [2.24, 2.45) is 5.92 Å². The summed E-state index contributed by atoms with van der Waals surface area (Å²) in [4.78, 5) is 0. The molecule has 1 heteroatoms. The first-order chi connectivity index (χ1) is 8.33. The standard InChI is InChI=1S/C16H15N/c1-13(12-17)16(14-8-4-2-5-9-14)15-10-6-3-7-11-15/h2-11,13,16H,1H3/t13-/m0/s1. The molecular weight excluding hydrogens is 206 g/mol. The monoisotopic (exact) mass is 221 g/mol. The van der Waals surface area contributed by atoms with Crippen LogP contribution in [0.5, 0.6) is 0 Å². The van der Waals surface area contributed by atoms with Crippen LogP contribution in [0.25, 0.3) is 0 Å². The third-order valence-corrected chi connectivity index (χ3v) is 3.02. The third kappa shape index (κ3) is 2.54. The normalized spacial score (nSPS) is 12.1. The van der Waals surface area contributed by atoms with E-state index in [1.807, 2.05) is 43.3 Å². The highest BCUT2D eigenvalue weighted by Crippen LogP contribution is 2.31. The molecule has 0 aliphatic carbocycles. The average molecular weight is 221 g/mol. The molecule has 2 aromatic carbocycles. The summed E-state index contributed by atoms with van der Waals surface area (Å²) in [6.07, 6.45) is 0. The van der Waals surface area contributed by atoms with Gasteiger partial charge in [-0.1, -0.05) is 60.7 Å². The van der Waals surface area contributed by atoms with Gasteiger partial charge in [0.25, 0.3) is 0 Å². The summed E-state index contributed by atoms with van der Waals surface area (Å²) in [5, 5.41) is 9.18. The number of nitriles is 1. The molecule has 0 saturated heterocycles. The van der Waals surface area contributed by atoms with Crippen LogP contribution >= 0.6 is 0 Å². The summed E-state index contributed by atoms with van der Waals surface area (Å²) >= 11 is 0. The predicted molar refractivity (Wildman–Crippen MR) is 69.5 cm³/mol. The fourth-order valence-corrected chi connectivity index (χ4v) is 2.17. The number of benzene rings is 2. The van der Waals surface area contributed by atoms with E-state index in [2.05, 4.69) is 30.3 Å². The Labute approximate surface area is 102 Å². The first kappa shape index (κ1) is 11.4. The second-order valence-corrected chi connectivity index (χ2v) is 4.22. The van der Waals surface area contributed by atoms with Crippen molar-refractivity contribution >= 4 is 0 Å². The molecule has 0 unspecified atom stereocenters. The van der Waals surface area contributed by atoms with Crippen LogP contribution in [-0.2, 0) is 0 Å². The van der Waals surface area contributed by atoms with Crippen molar-refractivity contribution in [2.75, 3.05) is 0 Å². The van der Waals surface area contributed by atoms with Crippen molar-refractivity contribution in [3.05, 3.63) is 71.8 Å². The average Bonchev–Trinajstić information content (AvgIpc) is 2.41. The van der Waals surface area contributed by atoms with Gasteiger partial charge in [-0.3, -0.25) is 0 Å². The molecule has 0 spiro atoms. The molecule has 0 bridgehead atoms. The zero-order valence-electron chi connectivity index (χ0n) is 9.88. The van der Waals surface area contributed by atoms with Crippen molar-refractivity contribution in [2.45, 2.75) is 12.8 Å². The Hall–Kier alpha value is -2.07. The third-order valence-electron chi connectivity index (χ3n) is 3.02. The lowest BCUT2D eigenvalue weighted by Gasteiger charge is -2.20. The van der Waals surface area contributed by atoms with Crippen LogP contribution in [-0.4, -0.2) is 0 Å². The van der Waals surface area contributed by atoms with Crippen molar-refractivity contribution in [3.63, 3.8) is 0 Å². The molecular formula is C16H15N. The fraction of sp³-hybridized carbons (Fsp3) is 0.188. The van der Waals surface area contributed by atoms with E-state index in [9.17, 15) is 5.26 Å². The van der Waals surface area contributed by atoms with Gasteiger partial charge in [0.1, 0.15) is 0 Å². The van der Waals surface area contributed by atoms with Crippen molar-refractivity contribution in [1.82, 2.24) is 0 Å². The maximum absolute atomic E-state index is 9.18. The largest absolute Gasteiger partial charge is 0.198 e. The van der Waals surface area contributed by atoms with E-state index in [1.54, 1.807) is 0 Å². The minimum Gasteiger partial charge on any atom is -0.198 e. The summed E-state index contributed by atoms with van der Waals surface area (Å²) in [5.41, 5.74) is 2.40. The summed E-state index contributed by atoms with van der Waals surface area (Å²) < 4.78 is 0. The molecule has 0 amide bonds. The van der Waals surface area contributed by atoms with E-state index < -0.39 is 0 Å². The number of nitrogens with zero attached hydrogens (tertiary/aromatic N) is 1. The van der Waals surface area contributed by atoms with Crippen LogP contribution in [0.2, 0.25) is 0 Å². The fourth-order valence-electron chi connectivity index (χ4n) is 2.17. The van der Waals surface area contributed by atoms with Gasteiger partial charge >= 0.3 is 0 Å². The smallest absolute Gasteiger partial charge is 0.0662 e. The molecule has 1 nitrogen and oxygen atoms in total. The van der Waals surface area contributed by atoms with Crippen molar-refractivity contribution in [3.8, 4) is 6.07 Å². The number of hydrogen-bond donors (Lipinski definition) is 0. The Kier molecular flexibility index (Phi) is 3.57. The van der Waals surface area contributed by atoms with E-state index in [0.717, 1.165) is 0 Å². The lowest BCUT2D eigenvalue weighted by molar-refractivity contribution is 0.637. The first-order valence-electron chi connectivity index (χ1n) is 5.82. The van der Waals surface area contributed by atoms with Gasteiger partial charge in [0.15, 0.2) is 0 Å².